The Hall–Kier alpha value is -1.49. The van der Waals surface area contributed by atoms with Gasteiger partial charge in [-0.3, -0.25) is 9.59 Å². The zero-order valence-corrected chi connectivity index (χ0v) is 12.8. The fraction of sp³-hybridized carbons (Fsp3) is 0.500. The molecule has 0 bridgehead atoms. The Balaban J connectivity index is 1.73. The lowest BCUT2D eigenvalue weighted by Crippen LogP contribution is -2.36. The Kier molecular flexibility index (Phi) is 4.48. The van der Waals surface area contributed by atoms with E-state index in [1.54, 1.807) is 17.8 Å². The topological polar surface area (TPSA) is 58.2 Å². The van der Waals surface area contributed by atoms with Crippen molar-refractivity contribution in [1.29, 1.82) is 0 Å². The van der Waals surface area contributed by atoms with Gasteiger partial charge in [-0.15, -0.1) is 11.8 Å². The van der Waals surface area contributed by atoms with Crippen LogP contribution in [0.5, 0.6) is 0 Å². The number of hydrogen-bond acceptors (Lipinski definition) is 3. The molecule has 0 saturated heterocycles. The van der Waals surface area contributed by atoms with Crippen LogP contribution in [-0.2, 0) is 4.79 Å². The Bertz CT molecular complexity index is 553. The third-order valence-electron chi connectivity index (χ3n) is 4.04. The third kappa shape index (κ3) is 3.59. The molecular formula is C16H20N2O2S. The summed E-state index contributed by atoms with van der Waals surface area (Å²) in [5, 5.41) is 5.99. The van der Waals surface area contributed by atoms with Gasteiger partial charge in [-0.2, -0.15) is 0 Å². The number of carbonyl (C=O) groups is 2. The molecule has 1 aromatic rings. The van der Waals surface area contributed by atoms with Gasteiger partial charge in [-0.05, 0) is 31.0 Å². The Morgan fingerprint density at radius 2 is 2.05 bits per heavy atom. The van der Waals surface area contributed by atoms with Crippen molar-refractivity contribution in [2.45, 2.75) is 49.5 Å². The average molecular weight is 304 g/mol. The first-order chi connectivity index (χ1) is 10.2. The minimum absolute atomic E-state index is 0.0195. The molecule has 0 unspecified atom stereocenters. The predicted octanol–water partition coefficient (Wildman–Crippen LogP) is 3.18. The first kappa shape index (κ1) is 14.4. The summed E-state index contributed by atoms with van der Waals surface area (Å²) in [6.07, 6.45) is 6.33. The van der Waals surface area contributed by atoms with Gasteiger partial charge in [-0.25, -0.2) is 0 Å². The molecule has 1 saturated carbocycles. The maximum Gasteiger partial charge on any atom is 0.251 e. The Morgan fingerprint density at radius 3 is 2.86 bits per heavy atom. The van der Waals surface area contributed by atoms with E-state index in [2.05, 4.69) is 10.6 Å². The molecule has 3 rings (SSSR count). The predicted molar refractivity (Wildman–Crippen MR) is 84.8 cm³/mol. The molecule has 0 atom stereocenters. The first-order valence-corrected chi connectivity index (χ1v) is 8.58. The van der Waals surface area contributed by atoms with Crippen molar-refractivity contribution in [3.05, 3.63) is 23.8 Å². The van der Waals surface area contributed by atoms with Crippen LogP contribution in [0.15, 0.2) is 23.1 Å². The zero-order valence-electron chi connectivity index (χ0n) is 12.0. The molecule has 1 aliphatic heterocycles. The SMILES string of the molecule is O=C1CCSc2ccc(C(=O)NC3CCCCC3)cc2N1. The van der Waals surface area contributed by atoms with Gasteiger partial charge in [0.2, 0.25) is 5.91 Å². The summed E-state index contributed by atoms with van der Waals surface area (Å²) in [5.74, 6) is 0.770. The maximum atomic E-state index is 12.3. The quantitative estimate of drug-likeness (QED) is 0.882. The molecule has 0 spiro atoms. The Morgan fingerprint density at radius 1 is 1.24 bits per heavy atom. The highest BCUT2D eigenvalue weighted by molar-refractivity contribution is 7.99. The van der Waals surface area contributed by atoms with Crippen LogP contribution in [0.4, 0.5) is 5.69 Å². The number of rotatable bonds is 2. The smallest absolute Gasteiger partial charge is 0.251 e. The van der Waals surface area contributed by atoms with E-state index in [1.165, 1.54) is 19.3 Å². The van der Waals surface area contributed by atoms with E-state index in [9.17, 15) is 9.59 Å². The second kappa shape index (κ2) is 6.52. The standard InChI is InChI=1S/C16H20N2O2S/c19-15-8-9-21-14-7-6-11(10-13(14)18-15)16(20)17-12-4-2-1-3-5-12/h6-7,10,12H,1-5,8-9H2,(H,17,20)(H,18,19). The Labute approximate surface area is 129 Å². The van der Waals surface area contributed by atoms with Crippen molar-refractivity contribution in [2.24, 2.45) is 0 Å². The third-order valence-corrected chi connectivity index (χ3v) is 5.12. The van der Waals surface area contributed by atoms with Crippen molar-refractivity contribution in [1.82, 2.24) is 5.32 Å². The average Bonchev–Trinajstić information content (AvgIpc) is 2.68. The lowest BCUT2D eigenvalue weighted by molar-refractivity contribution is -0.115. The van der Waals surface area contributed by atoms with Crippen molar-refractivity contribution < 1.29 is 9.59 Å². The summed E-state index contributed by atoms with van der Waals surface area (Å²) in [6, 6.07) is 5.88. The largest absolute Gasteiger partial charge is 0.349 e. The molecule has 21 heavy (non-hydrogen) atoms. The molecule has 1 aliphatic carbocycles. The zero-order chi connectivity index (χ0) is 14.7. The molecule has 112 valence electrons. The lowest BCUT2D eigenvalue weighted by atomic mass is 9.95. The summed E-state index contributed by atoms with van der Waals surface area (Å²) >= 11 is 1.65. The van der Waals surface area contributed by atoms with Crippen LogP contribution in [0, 0.1) is 0 Å². The van der Waals surface area contributed by atoms with E-state index in [0.29, 0.717) is 18.0 Å². The molecule has 0 aromatic heterocycles. The molecule has 1 heterocycles. The van der Waals surface area contributed by atoms with Crippen LogP contribution < -0.4 is 10.6 Å². The van der Waals surface area contributed by atoms with Gasteiger partial charge in [0.15, 0.2) is 0 Å². The number of fused-ring (bicyclic) bond motifs is 1. The normalized spacial score (nSPS) is 19.3. The molecule has 4 nitrogen and oxygen atoms in total. The van der Waals surface area contributed by atoms with Crippen molar-refractivity contribution in [3.8, 4) is 0 Å². The summed E-state index contributed by atoms with van der Waals surface area (Å²) in [7, 11) is 0. The van der Waals surface area contributed by atoms with Gasteiger partial charge in [0.25, 0.3) is 5.91 Å². The van der Waals surface area contributed by atoms with E-state index in [0.717, 1.165) is 29.2 Å². The number of hydrogen-bond donors (Lipinski definition) is 2. The fourth-order valence-electron chi connectivity index (χ4n) is 2.88. The molecule has 2 N–H and O–H groups in total. The summed E-state index contributed by atoms with van der Waals surface area (Å²) in [4.78, 5) is 25.0. The van der Waals surface area contributed by atoms with E-state index in [4.69, 9.17) is 0 Å². The number of nitrogens with one attached hydrogen (secondary N) is 2. The van der Waals surface area contributed by atoms with Gasteiger partial charge in [0.1, 0.15) is 0 Å². The van der Waals surface area contributed by atoms with E-state index in [1.807, 2.05) is 12.1 Å². The highest BCUT2D eigenvalue weighted by atomic mass is 32.2. The fourth-order valence-corrected chi connectivity index (χ4v) is 3.81. The summed E-state index contributed by atoms with van der Waals surface area (Å²) in [6.45, 7) is 0. The summed E-state index contributed by atoms with van der Waals surface area (Å²) < 4.78 is 0. The second-order valence-electron chi connectivity index (χ2n) is 5.67. The van der Waals surface area contributed by atoms with Crippen LogP contribution in [0.1, 0.15) is 48.9 Å². The molecule has 5 heteroatoms. The second-order valence-corrected chi connectivity index (χ2v) is 6.80. The number of carbonyl (C=O) groups excluding carboxylic acids is 2. The summed E-state index contributed by atoms with van der Waals surface area (Å²) in [5.41, 5.74) is 1.39. The van der Waals surface area contributed by atoms with Crippen molar-refractivity contribution in [2.75, 3.05) is 11.1 Å². The minimum Gasteiger partial charge on any atom is -0.349 e. The highest BCUT2D eigenvalue weighted by Gasteiger charge is 2.19. The molecule has 2 amide bonds. The van der Waals surface area contributed by atoms with Gasteiger partial charge in [0, 0.05) is 28.7 Å². The molecule has 0 radical (unpaired) electrons. The molecule has 1 fully saturated rings. The minimum atomic E-state index is -0.0341. The monoisotopic (exact) mass is 304 g/mol. The van der Waals surface area contributed by atoms with Crippen molar-refractivity contribution in [3.63, 3.8) is 0 Å². The van der Waals surface area contributed by atoms with Gasteiger partial charge < -0.3 is 10.6 Å². The van der Waals surface area contributed by atoms with E-state index in [-0.39, 0.29) is 11.8 Å². The van der Waals surface area contributed by atoms with Gasteiger partial charge in [-0.1, -0.05) is 19.3 Å². The molecular weight excluding hydrogens is 284 g/mol. The van der Waals surface area contributed by atoms with Crippen LogP contribution in [-0.4, -0.2) is 23.6 Å². The first-order valence-electron chi connectivity index (χ1n) is 7.60. The van der Waals surface area contributed by atoms with Crippen LogP contribution in [0.2, 0.25) is 0 Å². The van der Waals surface area contributed by atoms with Crippen molar-refractivity contribution >= 4 is 29.3 Å². The van der Waals surface area contributed by atoms with Crippen LogP contribution >= 0.6 is 11.8 Å². The highest BCUT2D eigenvalue weighted by Crippen LogP contribution is 2.31. The molecule has 1 aromatic carbocycles. The van der Waals surface area contributed by atoms with Crippen LogP contribution in [0.25, 0.3) is 0 Å². The van der Waals surface area contributed by atoms with E-state index >= 15 is 0 Å². The number of anilines is 1. The maximum absolute atomic E-state index is 12.3. The number of benzene rings is 1. The van der Waals surface area contributed by atoms with E-state index < -0.39 is 0 Å². The lowest BCUT2D eigenvalue weighted by Gasteiger charge is -2.23. The van der Waals surface area contributed by atoms with Gasteiger partial charge in [0.05, 0.1) is 5.69 Å². The number of amides is 2. The van der Waals surface area contributed by atoms with Crippen LogP contribution in [0.3, 0.4) is 0 Å². The molecule has 2 aliphatic rings. The number of thioether (sulfide) groups is 1. The van der Waals surface area contributed by atoms with Gasteiger partial charge >= 0.3 is 0 Å².